The van der Waals surface area contributed by atoms with Gasteiger partial charge in [-0.15, -0.1) is 41.3 Å². The summed E-state index contributed by atoms with van der Waals surface area (Å²) in [6, 6.07) is 28.8. The first-order valence-corrected chi connectivity index (χ1v) is 19.9. The molecule has 1 aliphatic carbocycles. The quantitative estimate of drug-likeness (QED) is 0.113. The third kappa shape index (κ3) is 8.15. The molecule has 290 valence electrons. The average Bonchev–Trinajstić information content (AvgIpc) is 3.60. The molecule has 3 atom stereocenters. The summed E-state index contributed by atoms with van der Waals surface area (Å²) in [5.74, 6) is 4.26. The van der Waals surface area contributed by atoms with Crippen LogP contribution < -0.4 is 4.74 Å². The number of rotatable bonds is 8. The van der Waals surface area contributed by atoms with E-state index in [1.807, 2.05) is 12.3 Å². The van der Waals surface area contributed by atoms with Crippen molar-refractivity contribution in [2.75, 3.05) is 0 Å². The number of para-hydroxylation sites is 1. The second kappa shape index (κ2) is 15.5. The molecular formula is C49H58N4OPt. The summed E-state index contributed by atoms with van der Waals surface area (Å²) in [5, 5.41) is 7.58. The number of fused-ring (bicyclic) bond motifs is 3. The molecule has 6 heteroatoms. The Morgan fingerprint density at radius 3 is 2.27 bits per heavy atom. The molecule has 7 rings (SSSR count). The van der Waals surface area contributed by atoms with E-state index < -0.39 is 0 Å². The van der Waals surface area contributed by atoms with E-state index in [4.69, 9.17) is 14.8 Å². The van der Waals surface area contributed by atoms with Crippen molar-refractivity contribution in [3.63, 3.8) is 0 Å². The predicted octanol–water partition coefficient (Wildman–Crippen LogP) is 13.0. The van der Waals surface area contributed by atoms with Crippen LogP contribution in [0, 0.1) is 36.8 Å². The Balaban J connectivity index is 0.00000514. The van der Waals surface area contributed by atoms with Crippen molar-refractivity contribution < 1.29 is 25.8 Å². The number of aromatic nitrogens is 4. The molecule has 0 saturated heterocycles. The van der Waals surface area contributed by atoms with Crippen LogP contribution in [0.3, 0.4) is 0 Å². The Labute approximate surface area is 343 Å². The fraction of sp³-hybridized carbons (Fsp3) is 0.429. The minimum absolute atomic E-state index is 0. The zero-order valence-corrected chi connectivity index (χ0v) is 37.1. The van der Waals surface area contributed by atoms with Gasteiger partial charge in [-0.3, -0.25) is 4.68 Å². The minimum atomic E-state index is -0.123. The first-order chi connectivity index (χ1) is 25.5. The van der Waals surface area contributed by atoms with Gasteiger partial charge < -0.3 is 9.30 Å². The van der Waals surface area contributed by atoms with E-state index in [9.17, 15) is 0 Å². The maximum absolute atomic E-state index is 6.79. The van der Waals surface area contributed by atoms with Gasteiger partial charge in [0.1, 0.15) is 5.82 Å². The fourth-order valence-electron chi connectivity index (χ4n) is 8.59. The molecule has 0 bridgehead atoms. The number of hydrogen-bond acceptors (Lipinski definition) is 3. The van der Waals surface area contributed by atoms with Crippen LogP contribution in [0.4, 0.5) is 0 Å². The zero-order valence-electron chi connectivity index (χ0n) is 34.9. The van der Waals surface area contributed by atoms with E-state index in [0.717, 1.165) is 51.8 Å². The van der Waals surface area contributed by atoms with Crippen LogP contribution in [0.5, 0.6) is 11.5 Å². The minimum Gasteiger partial charge on any atom is -0.509 e. The van der Waals surface area contributed by atoms with E-state index in [0.29, 0.717) is 35.2 Å². The van der Waals surface area contributed by atoms with Crippen LogP contribution in [0.1, 0.15) is 123 Å². The molecule has 0 spiro atoms. The SMILES string of the molecule is CC1=C[C@H](C)C[C@H](C)C1c1c(C)nn(-c2[c-]c(Oc3[c-]c4c(cc3)c3ccccc3n4-c3cc(C(C)(C)C)ccn3)cc(C(C)(C)C)c2)c1CCC(C)C.[Pt+2]. The van der Waals surface area contributed by atoms with Gasteiger partial charge >= 0.3 is 21.1 Å². The van der Waals surface area contributed by atoms with Crippen LogP contribution in [0.2, 0.25) is 0 Å². The van der Waals surface area contributed by atoms with Crippen molar-refractivity contribution in [1.82, 2.24) is 19.3 Å². The summed E-state index contributed by atoms with van der Waals surface area (Å²) in [6.45, 7) is 27.4. The van der Waals surface area contributed by atoms with Crippen LogP contribution in [0.15, 0.2) is 78.5 Å². The first-order valence-electron chi connectivity index (χ1n) is 19.9. The predicted molar refractivity (Wildman–Crippen MR) is 225 cm³/mol. The van der Waals surface area contributed by atoms with Crippen LogP contribution in [-0.4, -0.2) is 19.3 Å². The summed E-state index contributed by atoms with van der Waals surface area (Å²) in [6.07, 6.45) is 7.64. The normalized spacial score (nSPS) is 17.8. The van der Waals surface area contributed by atoms with Crippen LogP contribution in [-0.2, 0) is 38.3 Å². The second-order valence-electron chi connectivity index (χ2n) is 18.4. The third-order valence-corrected chi connectivity index (χ3v) is 11.4. The third-order valence-electron chi connectivity index (χ3n) is 11.4. The van der Waals surface area contributed by atoms with Crippen molar-refractivity contribution in [3.8, 4) is 23.0 Å². The summed E-state index contributed by atoms with van der Waals surface area (Å²) >= 11 is 0. The van der Waals surface area contributed by atoms with Crippen molar-refractivity contribution in [3.05, 3.63) is 119 Å². The molecule has 6 aromatic rings. The van der Waals surface area contributed by atoms with Crippen molar-refractivity contribution in [2.45, 2.75) is 119 Å². The molecule has 3 heterocycles. The summed E-state index contributed by atoms with van der Waals surface area (Å²) < 4.78 is 11.2. The van der Waals surface area contributed by atoms with Gasteiger partial charge in [0.15, 0.2) is 0 Å². The van der Waals surface area contributed by atoms with E-state index in [1.165, 1.54) is 34.4 Å². The molecule has 55 heavy (non-hydrogen) atoms. The summed E-state index contributed by atoms with van der Waals surface area (Å²) in [4.78, 5) is 4.87. The number of allylic oxidation sites excluding steroid dienone is 2. The number of hydrogen-bond donors (Lipinski definition) is 0. The van der Waals surface area contributed by atoms with E-state index in [2.05, 4.69) is 165 Å². The molecule has 5 nitrogen and oxygen atoms in total. The van der Waals surface area contributed by atoms with Crippen molar-refractivity contribution in [1.29, 1.82) is 0 Å². The molecule has 3 aromatic carbocycles. The fourth-order valence-corrected chi connectivity index (χ4v) is 8.59. The molecule has 1 unspecified atom stereocenters. The molecule has 1 aliphatic rings. The molecule has 0 radical (unpaired) electrons. The maximum Gasteiger partial charge on any atom is 2.00 e. The Kier molecular flexibility index (Phi) is 11.5. The second-order valence-corrected chi connectivity index (χ2v) is 18.4. The van der Waals surface area contributed by atoms with Gasteiger partial charge in [-0.1, -0.05) is 105 Å². The maximum atomic E-state index is 6.79. The van der Waals surface area contributed by atoms with Gasteiger partial charge in [0.25, 0.3) is 0 Å². The molecule has 0 aliphatic heterocycles. The largest absolute Gasteiger partial charge is 2.00 e. The number of benzene rings is 3. The van der Waals surface area contributed by atoms with Gasteiger partial charge in [-0.05, 0) is 96.5 Å². The Bertz CT molecular complexity index is 2360. The van der Waals surface area contributed by atoms with Gasteiger partial charge in [-0.25, -0.2) is 4.98 Å². The Morgan fingerprint density at radius 2 is 1.58 bits per heavy atom. The van der Waals surface area contributed by atoms with E-state index in [-0.39, 0.29) is 31.9 Å². The van der Waals surface area contributed by atoms with Crippen molar-refractivity contribution in [2.24, 2.45) is 17.8 Å². The van der Waals surface area contributed by atoms with Gasteiger partial charge in [-0.2, -0.15) is 11.2 Å². The Morgan fingerprint density at radius 1 is 0.855 bits per heavy atom. The molecular weight excluding hydrogens is 856 g/mol. The Hall–Kier alpha value is -3.95. The molecule has 3 aromatic heterocycles. The standard InChI is InChI=1S/C49H58N4O.Pt/c1-30(2)17-20-43-47(46-32(4)23-31(3)24-33(46)5)34(6)51-53(43)37-25-36(49(10,11)12)26-39(28-37)54-38-18-19-41-40-15-13-14-16-42(40)52(44(41)29-38)45-27-35(21-22-50-45)48(7,8)9;/h13-16,18-19,21-23,25-27,30-31,33,46H,17,20,24H2,1-12H3;/q-2;+2/t31-,33-,46?;/m0./s1. The van der Waals surface area contributed by atoms with Crippen LogP contribution >= 0.6 is 0 Å². The smallest absolute Gasteiger partial charge is 0.509 e. The van der Waals surface area contributed by atoms with Crippen LogP contribution in [0.25, 0.3) is 33.3 Å². The average molecular weight is 914 g/mol. The molecule has 0 amide bonds. The summed E-state index contributed by atoms with van der Waals surface area (Å²) in [7, 11) is 0. The summed E-state index contributed by atoms with van der Waals surface area (Å²) in [5.41, 5.74) is 10.5. The molecule has 0 saturated carbocycles. The molecule has 0 fully saturated rings. The van der Waals surface area contributed by atoms with Gasteiger partial charge in [0.2, 0.25) is 0 Å². The van der Waals surface area contributed by atoms with Gasteiger partial charge in [0.05, 0.1) is 5.69 Å². The van der Waals surface area contributed by atoms with Gasteiger partial charge in [0, 0.05) is 40.4 Å². The number of aryl methyl sites for hydroxylation is 1. The number of ether oxygens (including phenoxy) is 1. The topological polar surface area (TPSA) is 44.9 Å². The first kappa shape index (κ1) is 40.7. The number of pyridine rings is 1. The zero-order chi connectivity index (χ0) is 38.7. The number of nitrogens with zero attached hydrogens (tertiary/aromatic N) is 4. The molecule has 0 N–H and O–H groups in total. The van der Waals surface area contributed by atoms with Crippen molar-refractivity contribution >= 4 is 21.8 Å². The monoisotopic (exact) mass is 913 g/mol. The van der Waals surface area contributed by atoms with E-state index >= 15 is 0 Å². The van der Waals surface area contributed by atoms with E-state index in [1.54, 1.807) is 0 Å².